The number of ether oxygens (including phenoxy) is 2. The smallest absolute Gasteiger partial charge is 0.363 e. The highest BCUT2D eigenvalue weighted by Gasteiger charge is 2.25. The van der Waals surface area contributed by atoms with Crippen molar-refractivity contribution in [2.24, 2.45) is 4.99 Å². The monoisotopic (exact) mass is 412 g/mol. The molecule has 21 heavy (non-hydrogen) atoms. The van der Waals surface area contributed by atoms with E-state index in [1.165, 1.54) is 11.3 Å². The lowest BCUT2D eigenvalue weighted by molar-refractivity contribution is -0.129. The molecule has 5 nitrogen and oxygen atoms in total. The van der Waals surface area contributed by atoms with Gasteiger partial charge in [-0.1, -0.05) is 0 Å². The lowest BCUT2D eigenvalue weighted by Gasteiger charge is -1.97. The molecule has 0 aliphatic carbocycles. The summed E-state index contributed by atoms with van der Waals surface area (Å²) in [5.41, 5.74) is 1.02. The van der Waals surface area contributed by atoms with Crippen LogP contribution in [-0.2, 0) is 9.53 Å². The zero-order chi connectivity index (χ0) is 14.8. The van der Waals surface area contributed by atoms with Gasteiger partial charge >= 0.3 is 5.97 Å². The molecule has 0 bridgehead atoms. The molecule has 0 saturated carbocycles. The number of carbonyl (C=O) groups excluding carboxylic acids is 1. The second-order valence-electron chi connectivity index (χ2n) is 4.07. The minimum atomic E-state index is -0.454. The highest BCUT2D eigenvalue weighted by Crippen LogP contribution is 2.24. The van der Waals surface area contributed by atoms with Crippen LogP contribution in [0.1, 0.15) is 10.4 Å². The van der Waals surface area contributed by atoms with Gasteiger partial charge in [0.25, 0.3) is 0 Å². The number of carbonyl (C=O) groups is 1. The quantitative estimate of drug-likeness (QED) is 0.442. The zero-order valence-corrected chi connectivity index (χ0v) is 13.8. The third kappa shape index (κ3) is 3.13. The molecule has 0 spiro atoms. The molecule has 0 unspecified atom stereocenters. The Morgan fingerprint density at radius 2 is 2.19 bits per heavy atom. The van der Waals surface area contributed by atoms with Crippen LogP contribution in [0.4, 0.5) is 0 Å². The summed E-state index contributed by atoms with van der Waals surface area (Å²) >= 11 is 3.73. The summed E-state index contributed by atoms with van der Waals surface area (Å²) in [6.45, 7) is 0. The van der Waals surface area contributed by atoms with Crippen molar-refractivity contribution in [2.75, 3.05) is 7.11 Å². The van der Waals surface area contributed by atoms with Crippen LogP contribution in [0.5, 0.6) is 5.88 Å². The largest absolute Gasteiger partial charge is 0.481 e. The van der Waals surface area contributed by atoms with Crippen LogP contribution >= 0.6 is 33.9 Å². The summed E-state index contributed by atoms with van der Waals surface area (Å²) in [6.07, 6.45) is 3.25. The van der Waals surface area contributed by atoms with E-state index in [-0.39, 0.29) is 5.70 Å². The van der Waals surface area contributed by atoms with Crippen LogP contribution in [0, 0.1) is 2.88 Å². The van der Waals surface area contributed by atoms with E-state index in [0.29, 0.717) is 11.8 Å². The highest BCUT2D eigenvalue weighted by molar-refractivity contribution is 14.1. The molecular formula is C14H9IN2O3S. The SMILES string of the molecule is COc1ccc(C=C2N=C(c3ccc(I)s3)OC2=O)cn1. The standard InChI is InChI=1S/C14H9IN2O3S/c1-19-12-5-2-8(7-16-12)6-9-14(18)20-13(17-9)10-3-4-11(15)21-10/h2-7H,1H3. The van der Waals surface area contributed by atoms with Crippen LogP contribution in [-0.4, -0.2) is 24.0 Å². The molecule has 3 rings (SSSR count). The van der Waals surface area contributed by atoms with Gasteiger partial charge in [-0.25, -0.2) is 14.8 Å². The molecule has 0 aromatic carbocycles. The fourth-order valence-corrected chi connectivity index (χ4v) is 3.25. The minimum absolute atomic E-state index is 0.264. The van der Waals surface area contributed by atoms with Gasteiger partial charge in [0.2, 0.25) is 11.8 Å². The molecule has 0 N–H and O–H groups in total. The molecule has 7 heteroatoms. The van der Waals surface area contributed by atoms with Crippen molar-refractivity contribution in [1.82, 2.24) is 4.98 Å². The van der Waals surface area contributed by atoms with Gasteiger partial charge < -0.3 is 9.47 Å². The Labute approximate surface area is 138 Å². The second-order valence-corrected chi connectivity index (χ2v) is 7.05. The summed E-state index contributed by atoms with van der Waals surface area (Å²) in [5.74, 6) is 0.411. The van der Waals surface area contributed by atoms with Crippen LogP contribution in [0.2, 0.25) is 0 Å². The Bertz CT molecular complexity index is 750. The van der Waals surface area contributed by atoms with Gasteiger partial charge in [-0.15, -0.1) is 11.3 Å². The first-order valence-corrected chi connectivity index (χ1v) is 7.83. The maximum Gasteiger partial charge on any atom is 0.363 e. The van der Waals surface area contributed by atoms with E-state index >= 15 is 0 Å². The zero-order valence-electron chi connectivity index (χ0n) is 10.9. The summed E-state index contributed by atoms with van der Waals surface area (Å²) in [4.78, 5) is 21.0. The molecule has 0 radical (unpaired) electrons. The molecule has 3 heterocycles. The highest BCUT2D eigenvalue weighted by atomic mass is 127. The molecule has 2 aromatic rings. The second kappa shape index (κ2) is 5.94. The fourth-order valence-electron chi connectivity index (χ4n) is 1.70. The Morgan fingerprint density at radius 1 is 1.33 bits per heavy atom. The number of rotatable bonds is 3. The fraction of sp³-hybridized carbons (Fsp3) is 0.0714. The topological polar surface area (TPSA) is 60.8 Å². The first-order valence-electron chi connectivity index (χ1n) is 5.94. The molecular weight excluding hydrogens is 403 g/mol. The van der Waals surface area contributed by atoms with Gasteiger partial charge in [-0.3, -0.25) is 0 Å². The van der Waals surface area contributed by atoms with Crippen molar-refractivity contribution in [1.29, 1.82) is 0 Å². The van der Waals surface area contributed by atoms with Gasteiger partial charge in [0.15, 0.2) is 5.70 Å². The Kier molecular flexibility index (Phi) is 4.02. The van der Waals surface area contributed by atoms with Crippen LogP contribution in [0.15, 0.2) is 41.2 Å². The number of nitrogens with zero attached hydrogens (tertiary/aromatic N) is 2. The number of thiophene rings is 1. The van der Waals surface area contributed by atoms with Gasteiger partial charge in [0, 0.05) is 12.3 Å². The van der Waals surface area contributed by atoms with E-state index in [0.717, 1.165) is 13.3 Å². The third-order valence-electron chi connectivity index (χ3n) is 2.68. The van der Waals surface area contributed by atoms with Crippen molar-refractivity contribution in [2.45, 2.75) is 0 Å². The molecule has 1 aliphatic rings. The lowest BCUT2D eigenvalue weighted by Crippen LogP contribution is -2.03. The van der Waals surface area contributed by atoms with E-state index in [4.69, 9.17) is 9.47 Å². The number of cyclic esters (lactones) is 1. The van der Waals surface area contributed by atoms with Crippen molar-refractivity contribution >= 4 is 51.9 Å². The van der Waals surface area contributed by atoms with Crippen LogP contribution in [0.3, 0.4) is 0 Å². The van der Waals surface area contributed by atoms with Crippen molar-refractivity contribution in [3.63, 3.8) is 0 Å². The van der Waals surface area contributed by atoms with E-state index < -0.39 is 5.97 Å². The number of aliphatic imine (C=N–C) groups is 1. The van der Waals surface area contributed by atoms with Crippen molar-refractivity contribution < 1.29 is 14.3 Å². The van der Waals surface area contributed by atoms with Gasteiger partial charge in [-0.2, -0.15) is 0 Å². The molecule has 106 valence electrons. The predicted octanol–water partition coefficient (Wildman–Crippen LogP) is 3.10. The van der Waals surface area contributed by atoms with Crippen LogP contribution < -0.4 is 4.74 Å². The molecule has 2 aromatic heterocycles. The third-order valence-corrected chi connectivity index (χ3v) is 4.56. The van der Waals surface area contributed by atoms with E-state index in [2.05, 4.69) is 32.6 Å². The number of hydrogen-bond acceptors (Lipinski definition) is 6. The first kappa shape index (κ1) is 14.2. The number of esters is 1. The molecule has 0 amide bonds. The van der Waals surface area contributed by atoms with Crippen molar-refractivity contribution in [3.05, 3.63) is 49.5 Å². The van der Waals surface area contributed by atoms with E-state index in [1.807, 2.05) is 12.1 Å². The van der Waals surface area contributed by atoms with E-state index in [1.54, 1.807) is 31.5 Å². The number of methoxy groups -OCH3 is 1. The number of pyridine rings is 1. The molecule has 0 atom stereocenters. The number of aromatic nitrogens is 1. The Balaban J connectivity index is 1.88. The summed E-state index contributed by atoms with van der Waals surface area (Å²) in [6, 6.07) is 7.36. The Morgan fingerprint density at radius 3 is 2.81 bits per heavy atom. The average molecular weight is 412 g/mol. The molecule has 1 aliphatic heterocycles. The Hall–Kier alpha value is -1.74. The van der Waals surface area contributed by atoms with E-state index in [9.17, 15) is 4.79 Å². The lowest BCUT2D eigenvalue weighted by atomic mass is 10.2. The number of hydrogen-bond donors (Lipinski definition) is 0. The minimum Gasteiger partial charge on any atom is -0.481 e. The maximum absolute atomic E-state index is 11.8. The van der Waals surface area contributed by atoms with Gasteiger partial charge in [-0.05, 0) is 52.4 Å². The average Bonchev–Trinajstić information content (AvgIpc) is 3.07. The molecule has 0 fully saturated rings. The summed E-state index contributed by atoms with van der Waals surface area (Å²) in [5, 5.41) is 0. The van der Waals surface area contributed by atoms with Crippen LogP contribution in [0.25, 0.3) is 6.08 Å². The number of halogens is 1. The van der Waals surface area contributed by atoms with Crippen molar-refractivity contribution in [3.8, 4) is 5.88 Å². The summed E-state index contributed by atoms with van der Waals surface area (Å²) < 4.78 is 11.3. The summed E-state index contributed by atoms with van der Waals surface area (Å²) in [7, 11) is 1.55. The van der Waals surface area contributed by atoms with Gasteiger partial charge in [0.1, 0.15) is 0 Å². The van der Waals surface area contributed by atoms with Gasteiger partial charge in [0.05, 0.1) is 14.9 Å². The molecule has 0 saturated heterocycles. The normalized spacial score (nSPS) is 16.0. The predicted molar refractivity (Wildman–Crippen MR) is 88.4 cm³/mol. The maximum atomic E-state index is 11.8. The first-order chi connectivity index (χ1) is 10.2.